The highest BCUT2D eigenvalue weighted by atomic mass is 32.1. The monoisotopic (exact) mass is 695 g/mol. The number of anilines is 3. The van der Waals surface area contributed by atoms with E-state index in [0.717, 1.165) is 55.7 Å². The van der Waals surface area contributed by atoms with E-state index in [4.69, 9.17) is 4.42 Å². The van der Waals surface area contributed by atoms with Crippen LogP contribution in [-0.4, -0.2) is 0 Å². The molecule has 10 rings (SSSR count). The summed E-state index contributed by atoms with van der Waals surface area (Å²) in [6.07, 6.45) is 4.25. The summed E-state index contributed by atoms with van der Waals surface area (Å²) in [6, 6.07) is 62.6. The number of hydrogen-bond acceptors (Lipinski definition) is 3. The molecule has 250 valence electrons. The van der Waals surface area contributed by atoms with Crippen molar-refractivity contribution in [3.63, 3.8) is 0 Å². The lowest BCUT2D eigenvalue weighted by Crippen LogP contribution is -2.11. The van der Waals surface area contributed by atoms with Crippen molar-refractivity contribution in [2.24, 2.45) is 0 Å². The van der Waals surface area contributed by atoms with Crippen LogP contribution in [0.2, 0.25) is 0 Å². The summed E-state index contributed by atoms with van der Waals surface area (Å²) < 4.78 is 8.97. The molecule has 10 aromatic rings. The lowest BCUT2D eigenvalue weighted by Gasteiger charge is -2.28. The van der Waals surface area contributed by atoms with Gasteiger partial charge in [-0.25, -0.2) is 0 Å². The topological polar surface area (TPSA) is 16.4 Å². The van der Waals surface area contributed by atoms with Crippen molar-refractivity contribution < 1.29 is 4.42 Å². The van der Waals surface area contributed by atoms with Crippen molar-refractivity contribution in [2.45, 2.75) is 0 Å². The molecule has 8 aromatic carbocycles. The van der Waals surface area contributed by atoms with Crippen molar-refractivity contribution >= 4 is 92.9 Å². The fraction of sp³-hybridized carbons (Fsp3) is 0. The van der Waals surface area contributed by atoms with Gasteiger partial charge in [-0.15, -0.1) is 11.3 Å². The van der Waals surface area contributed by atoms with Gasteiger partial charge in [0, 0.05) is 31.2 Å². The molecule has 0 aliphatic heterocycles. The van der Waals surface area contributed by atoms with Gasteiger partial charge in [0.2, 0.25) is 0 Å². The molecule has 0 aliphatic rings. The fourth-order valence-electron chi connectivity index (χ4n) is 7.62. The summed E-state index contributed by atoms with van der Waals surface area (Å²) in [4.78, 5) is 2.41. The Morgan fingerprint density at radius 2 is 1.28 bits per heavy atom. The number of nitrogens with zero attached hydrogens (tertiary/aromatic N) is 1. The Morgan fingerprint density at radius 3 is 2.15 bits per heavy atom. The third-order valence-corrected chi connectivity index (χ3v) is 11.4. The first-order chi connectivity index (χ1) is 26.2. The van der Waals surface area contributed by atoms with Gasteiger partial charge in [-0.1, -0.05) is 146 Å². The summed E-state index contributed by atoms with van der Waals surface area (Å²) in [5.41, 5.74) is 10.6. The van der Waals surface area contributed by atoms with Crippen LogP contribution < -0.4 is 4.90 Å². The average Bonchev–Trinajstić information content (AvgIpc) is 3.80. The second-order valence-corrected chi connectivity index (χ2v) is 14.4. The molecular formula is C50H33NOS. The zero-order valence-corrected chi connectivity index (χ0v) is 29.7. The van der Waals surface area contributed by atoms with E-state index in [9.17, 15) is 0 Å². The molecule has 0 amide bonds. The Balaban J connectivity index is 1.14. The van der Waals surface area contributed by atoms with E-state index in [1.165, 1.54) is 42.1 Å². The Kier molecular flexibility index (Phi) is 7.52. The van der Waals surface area contributed by atoms with E-state index in [1.54, 1.807) is 0 Å². The number of hydrogen-bond donors (Lipinski definition) is 0. The highest BCUT2D eigenvalue weighted by Crippen LogP contribution is 2.50. The first kappa shape index (κ1) is 31.1. The second-order valence-electron chi connectivity index (χ2n) is 13.4. The first-order valence-corrected chi connectivity index (χ1v) is 18.7. The van der Waals surface area contributed by atoms with Crippen LogP contribution in [0, 0.1) is 0 Å². The van der Waals surface area contributed by atoms with E-state index >= 15 is 0 Å². The normalized spacial score (nSPS) is 11.8. The molecule has 0 N–H and O–H groups in total. The predicted molar refractivity (Wildman–Crippen MR) is 229 cm³/mol. The minimum absolute atomic E-state index is 0.866. The van der Waals surface area contributed by atoms with Crippen molar-refractivity contribution in [3.05, 3.63) is 200 Å². The summed E-state index contributed by atoms with van der Waals surface area (Å²) in [5.74, 6) is 0. The molecule has 3 heteroatoms. The molecular weight excluding hydrogens is 663 g/mol. The zero-order valence-electron chi connectivity index (χ0n) is 28.9. The number of benzene rings is 8. The Labute approximate surface area is 311 Å². The largest absolute Gasteiger partial charge is 0.456 e. The van der Waals surface area contributed by atoms with Crippen LogP contribution >= 0.6 is 11.3 Å². The number of fused-ring (bicyclic) bond motifs is 7. The molecule has 53 heavy (non-hydrogen) atoms. The van der Waals surface area contributed by atoms with Crippen LogP contribution in [0.4, 0.5) is 17.1 Å². The molecule has 0 fully saturated rings. The first-order valence-electron chi connectivity index (χ1n) is 17.9. The van der Waals surface area contributed by atoms with Gasteiger partial charge in [-0.3, -0.25) is 0 Å². The number of furan rings is 1. The summed E-state index contributed by atoms with van der Waals surface area (Å²) >= 11 is 1.86. The summed E-state index contributed by atoms with van der Waals surface area (Å²) in [5, 5.41) is 7.15. The molecule has 0 atom stereocenters. The molecule has 2 heterocycles. The molecule has 0 saturated carbocycles. The smallest absolute Gasteiger partial charge is 0.137 e. The standard InChI is InChI=1S/C50H33NOS/c1-33(22-23-34-24-25-36-12-5-6-15-38(36)32-34)35-26-28-39(29-27-35)51(43-18-11-20-46-48(43)41-16-7-9-19-45(41)52-46)44-31-30-40(37-13-3-2-4-14-37)50-49(44)42-17-8-10-21-47(42)53-50/h2-32H,1H2/b23-22-. The lowest BCUT2D eigenvalue weighted by atomic mass is 9.99. The summed E-state index contributed by atoms with van der Waals surface area (Å²) in [7, 11) is 0. The van der Waals surface area contributed by atoms with Crippen LogP contribution in [-0.2, 0) is 0 Å². The molecule has 0 aliphatic carbocycles. The van der Waals surface area contributed by atoms with Gasteiger partial charge in [0.25, 0.3) is 0 Å². The number of allylic oxidation sites excluding steroid dienone is 2. The van der Waals surface area contributed by atoms with Crippen LogP contribution in [0.15, 0.2) is 193 Å². The van der Waals surface area contributed by atoms with Gasteiger partial charge in [0.15, 0.2) is 0 Å². The van der Waals surface area contributed by atoms with E-state index in [-0.39, 0.29) is 0 Å². The van der Waals surface area contributed by atoms with Gasteiger partial charge in [-0.2, -0.15) is 0 Å². The predicted octanol–water partition coefficient (Wildman–Crippen LogP) is 15.0. The highest BCUT2D eigenvalue weighted by Gasteiger charge is 2.24. The fourth-order valence-corrected chi connectivity index (χ4v) is 8.88. The second kappa shape index (κ2) is 12.8. The quantitative estimate of drug-likeness (QED) is 0.154. The van der Waals surface area contributed by atoms with Crippen LogP contribution in [0.1, 0.15) is 11.1 Å². The maximum Gasteiger partial charge on any atom is 0.137 e. The Bertz CT molecular complexity index is 3020. The van der Waals surface area contributed by atoms with Crippen molar-refractivity contribution in [1.82, 2.24) is 0 Å². The highest BCUT2D eigenvalue weighted by molar-refractivity contribution is 7.26. The molecule has 2 nitrogen and oxygen atoms in total. The maximum absolute atomic E-state index is 6.43. The van der Waals surface area contributed by atoms with Gasteiger partial charge in [0.1, 0.15) is 11.2 Å². The van der Waals surface area contributed by atoms with Gasteiger partial charge in [0.05, 0.1) is 16.8 Å². The molecule has 0 spiro atoms. The van der Waals surface area contributed by atoms with E-state index in [2.05, 4.69) is 193 Å². The number of para-hydroxylation sites is 1. The van der Waals surface area contributed by atoms with E-state index in [0.29, 0.717) is 0 Å². The van der Waals surface area contributed by atoms with Crippen molar-refractivity contribution in [2.75, 3.05) is 4.90 Å². The van der Waals surface area contributed by atoms with Crippen LogP contribution in [0.3, 0.4) is 0 Å². The zero-order chi connectivity index (χ0) is 35.3. The molecule has 2 aromatic heterocycles. The van der Waals surface area contributed by atoms with Crippen molar-refractivity contribution in [3.8, 4) is 11.1 Å². The van der Waals surface area contributed by atoms with Gasteiger partial charge in [-0.05, 0) is 87.1 Å². The minimum Gasteiger partial charge on any atom is -0.456 e. The number of thiophene rings is 1. The minimum atomic E-state index is 0.866. The van der Waals surface area contributed by atoms with Crippen LogP contribution in [0.25, 0.3) is 75.7 Å². The van der Waals surface area contributed by atoms with Gasteiger partial charge >= 0.3 is 0 Å². The van der Waals surface area contributed by atoms with E-state index < -0.39 is 0 Å². The number of rotatable bonds is 7. The molecule has 0 unspecified atom stereocenters. The summed E-state index contributed by atoms with van der Waals surface area (Å²) in [6.45, 7) is 4.46. The Hall–Kier alpha value is -6.68. The maximum atomic E-state index is 6.43. The van der Waals surface area contributed by atoms with Gasteiger partial charge < -0.3 is 9.32 Å². The third kappa shape index (κ3) is 5.42. The van der Waals surface area contributed by atoms with Crippen LogP contribution in [0.5, 0.6) is 0 Å². The third-order valence-electron chi connectivity index (χ3n) is 10.2. The molecule has 0 saturated heterocycles. The lowest BCUT2D eigenvalue weighted by molar-refractivity contribution is 0.669. The molecule has 0 radical (unpaired) electrons. The average molecular weight is 696 g/mol. The van der Waals surface area contributed by atoms with Crippen molar-refractivity contribution in [1.29, 1.82) is 0 Å². The van der Waals surface area contributed by atoms with E-state index in [1.807, 2.05) is 17.4 Å². The SMILES string of the molecule is C=C(/C=C\c1ccc2ccccc2c1)c1ccc(N(c2cccc3oc4ccccc4c23)c2ccc(-c3ccccc3)c3sc4ccccc4c23)cc1. The Morgan fingerprint density at radius 1 is 0.566 bits per heavy atom. The molecule has 0 bridgehead atoms.